The second-order valence-electron chi connectivity index (χ2n) is 4.05. The molecule has 0 amide bonds. The van der Waals surface area contributed by atoms with Crippen LogP contribution in [-0.4, -0.2) is 0 Å². The predicted molar refractivity (Wildman–Crippen MR) is 55.2 cm³/mol. The first-order valence-corrected chi connectivity index (χ1v) is 5.56. The molecule has 0 saturated heterocycles. The Labute approximate surface area is 77.1 Å². The highest BCUT2D eigenvalue weighted by molar-refractivity contribution is 4.79. The number of rotatable bonds is 1. The molecule has 1 aliphatic carbocycles. The zero-order valence-electron chi connectivity index (χ0n) is 8.23. The molecule has 0 aliphatic heterocycles. The average Bonchev–Trinajstić information content (AvgIpc) is 2.14. The van der Waals surface area contributed by atoms with Crippen molar-refractivity contribution in [3.63, 3.8) is 0 Å². The van der Waals surface area contributed by atoms with Crippen LogP contribution in [0, 0.1) is 5.92 Å². The van der Waals surface area contributed by atoms with Crippen molar-refractivity contribution < 1.29 is 0 Å². The van der Waals surface area contributed by atoms with E-state index < -0.39 is 0 Å². The summed E-state index contributed by atoms with van der Waals surface area (Å²) in [6.45, 7) is 3.91. The van der Waals surface area contributed by atoms with Crippen molar-refractivity contribution in [2.75, 3.05) is 0 Å². The minimum atomic E-state index is 0.822. The Morgan fingerprint density at radius 2 is 1.17 bits per heavy atom. The van der Waals surface area contributed by atoms with Crippen molar-refractivity contribution in [2.24, 2.45) is 5.92 Å². The van der Waals surface area contributed by atoms with Crippen molar-refractivity contribution >= 4 is 0 Å². The maximum Gasteiger partial charge on any atom is -0.0236 e. The Balaban J connectivity index is 2.21. The van der Waals surface area contributed by atoms with Crippen molar-refractivity contribution in [1.29, 1.82) is 0 Å². The molecule has 0 heteroatoms. The molecule has 1 aliphatic rings. The summed E-state index contributed by atoms with van der Waals surface area (Å²) < 4.78 is 0. The fourth-order valence-electron chi connectivity index (χ4n) is 2.08. The van der Waals surface area contributed by atoms with E-state index in [2.05, 4.69) is 12.7 Å². The van der Waals surface area contributed by atoms with E-state index in [1.54, 1.807) is 0 Å². The highest BCUT2D eigenvalue weighted by atomic mass is 14.1. The molecule has 1 fully saturated rings. The van der Waals surface area contributed by atoms with Crippen LogP contribution in [0.5, 0.6) is 0 Å². The Morgan fingerprint density at radius 1 is 0.750 bits per heavy atom. The van der Waals surface area contributed by atoms with Gasteiger partial charge >= 0.3 is 0 Å². The van der Waals surface area contributed by atoms with E-state index in [1.807, 2.05) is 0 Å². The lowest BCUT2D eigenvalue weighted by atomic mass is 9.92. The topological polar surface area (TPSA) is 0 Å². The van der Waals surface area contributed by atoms with Gasteiger partial charge in [0, 0.05) is 0 Å². The average molecular weight is 166 g/mol. The minimum absolute atomic E-state index is 0.822. The number of hydrogen-bond acceptors (Lipinski definition) is 0. The van der Waals surface area contributed by atoms with E-state index in [1.165, 1.54) is 57.8 Å². The third-order valence-corrected chi connectivity index (χ3v) is 2.98. The summed E-state index contributed by atoms with van der Waals surface area (Å²) in [4.78, 5) is 0. The smallest absolute Gasteiger partial charge is 0.0236 e. The second-order valence-corrected chi connectivity index (χ2v) is 4.05. The Kier molecular flexibility index (Phi) is 5.14. The molecule has 0 spiro atoms. The fourth-order valence-corrected chi connectivity index (χ4v) is 2.08. The molecule has 0 aromatic heterocycles. The monoisotopic (exact) mass is 166 g/mol. The normalized spacial score (nSPS) is 23.3. The molecule has 12 heavy (non-hydrogen) atoms. The van der Waals surface area contributed by atoms with Gasteiger partial charge in [0.15, 0.2) is 0 Å². The van der Waals surface area contributed by atoms with Gasteiger partial charge < -0.3 is 0 Å². The van der Waals surface area contributed by atoms with Gasteiger partial charge in [-0.3, -0.25) is 0 Å². The first-order valence-electron chi connectivity index (χ1n) is 5.56. The van der Waals surface area contributed by atoms with E-state index in [9.17, 15) is 0 Å². The largest absolute Gasteiger partial charge is 0.103 e. The molecule has 0 aromatic rings. The number of allylic oxidation sites excluding steroid dienone is 1. The van der Waals surface area contributed by atoms with Crippen LogP contribution in [0.3, 0.4) is 0 Å². The van der Waals surface area contributed by atoms with Crippen molar-refractivity contribution in [1.82, 2.24) is 0 Å². The lowest BCUT2D eigenvalue weighted by molar-refractivity contribution is 0.444. The van der Waals surface area contributed by atoms with Gasteiger partial charge in [-0.15, -0.1) is 6.58 Å². The van der Waals surface area contributed by atoms with Crippen LogP contribution in [0.15, 0.2) is 12.7 Å². The Morgan fingerprint density at radius 3 is 1.58 bits per heavy atom. The second kappa shape index (κ2) is 6.28. The van der Waals surface area contributed by atoms with Crippen LogP contribution in [0.25, 0.3) is 0 Å². The summed E-state index contributed by atoms with van der Waals surface area (Å²) in [5.74, 6) is 0.822. The predicted octanol–water partition coefficient (Wildman–Crippen LogP) is 4.31. The zero-order valence-corrected chi connectivity index (χ0v) is 8.23. The molecule has 0 atom stereocenters. The van der Waals surface area contributed by atoms with Crippen LogP contribution < -0.4 is 0 Å². The van der Waals surface area contributed by atoms with E-state index >= 15 is 0 Å². The first kappa shape index (κ1) is 9.83. The standard InChI is InChI=1S/C12H22/c1-2-12-10-8-6-4-3-5-7-9-11-12/h2,12H,1,3-11H2. The lowest BCUT2D eigenvalue weighted by Gasteiger charge is -2.13. The van der Waals surface area contributed by atoms with Gasteiger partial charge in [0.1, 0.15) is 0 Å². The van der Waals surface area contributed by atoms with E-state index in [-0.39, 0.29) is 0 Å². The SMILES string of the molecule is C=CC1CCCCCCCCC1. The van der Waals surface area contributed by atoms with Crippen LogP contribution in [0.2, 0.25) is 0 Å². The molecule has 0 aromatic carbocycles. The van der Waals surface area contributed by atoms with Gasteiger partial charge in [0.25, 0.3) is 0 Å². The van der Waals surface area contributed by atoms with E-state index in [0.717, 1.165) is 5.92 Å². The van der Waals surface area contributed by atoms with Crippen LogP contribution in [-0.2, 0) is 0 Å². The molecule has 0 nitrogen and oxygen atoms in total. The molecule has 0 radical (unpaired) electrons. The molecule has 1 saturated carbocycles. The molecule has 0 bridgehead atoms. The lowest BCUT2D eigenvalue weighted by Crippen LogP contribution is -1.98. The van der Waals surface area contributed by atoms with Gasteiger partial charge in [-0.2, -0.15) is 0 Å². The molecule has 1 rings (SSSR count). The Hall–Kier alpha value is -0.260. The van der Waals surface area contributed by atoms with Crippen molar-refractivity contribution in [3.05, 3.63) is 12.7 Å². The summed E-state index contributed by atoms with van der Waals surface area (Å²) in [5.41, 5.74) is 0. The molecule has 0 heterocycles. The third-order valence-electron chi connectivity index (χ3n) is 2.98. The number of hydrogen-bond donors (Lipinski definition) is 0. The molecule has 70 valence electrons. The zero-order chi connectivity index (χ0) is 8.65. The highest BCUT2D eigenvalue weighted by Crippen LogP contribution is 2.21. The van der Waals surface area contributed by atoms with Gasteiger partial charge in [0.05, 0.1) is 0 Å². The quantitative estimate of drug-likeness (QED) is 0.509. The van der Waals surface area contributed by atoms with Gasteiger partial charge in [-0.25, -0.2) is 0 Å². The van der Waals surface area contributed by atoms with Gasteiger partial charge in [0.2, 0.25) is 0 Å². The first-order chi connectivity index (χ1) is 5.93. The minimum Gasteiger partial charge on any atom is -0.103 e. The summed E-state index contributed by atoms with van der Waals surface area (Å²) in [7, 11) is 0. The van der Waals surface area contributed by atoms with Crippen molar-refractivity contribution in [3.8, 4) is 0 Å². The summed E-state index contributed by atoms with van der Waals surface area (Å²) in [6.07, 6.45) is 15.1. The summed E-state index contributed by atoms with van der Waals surface area (Å²) in [6, 6.07) is 0. The van der Waals surface area contributed by atoms with Gasteiger partial charge in [-0.1, -0.05) is 51.0 Å². The van der Waals surface area contributed by atoms with Crippen molar-refractivity contribution in [2.45, 2.75) is 57.8 Å². The maximum atomic E-state index is 3.91. The van der Waals surface area contributed by atoms with Crippen LogP contribution >= 0.6 is 0 Å². The molecular weight excluding hydrogens is 144 g/mol. The van der Waals surface area contributed by atoms with E-state index in [0.29, 0.717) is 0 Å². The summed E-state index contributed by atoms with van der Waals surface area (Å²) in [5, 5.41) is 0. The maximum absolute atomic E-state index is 3.91. The molecular formula is C12H22. The fraction of sp³-hybridized carbons (Fsp3) is 0.833. The van der Waals surface area contributed by atoms with Crippen LogP contribution in [0.4, 0.5) is 0 Å². The highest BCUT2D eigenvalue weighted by Gasteiger charge is 2.05. The van der Waals surface area contributed by atoms with E-state index in [4.69, 9.17) is 0 Å². The molecule has 0 unspecified atom stereocenters. The van der Waals surface area contributed by atoms with Gasteiger partial charge in [-0.05, 0) is 18.8 Å². The summed E-state index contributed by atoms with van der Waals surface area (Å²) >= 11 is 0. The Bertz CT molecular complexity index is 105. The molecule has 0 N–H and O–H groups in total. The third kappa shape index (κ3) is 3.94. The van der Waals surface area contributed by atoms with Crippen LogP contribution in [0.1, 0.15) is 57.8 Å².